The first-order valence-corrected chi connectivity index (χ1v) is 6.10. The van der Waals surface area contributed by atoms with E-state index < -0.39 is 0 Å². The largest absolute Gasteiger partial charge is 0.303 e. The lowest BCUT2D eigenvalue weighted by Crippen LogP contribution is -2.14. The molecule has 0 bridgehead atoms. The molecule has 1 unspecified atom stereocenters. The highest BCUT2D eigenvalue weighted by Crippen LogP contribution is 2.12. The topological polar surface area (TPSA) is 12.0 Å². The number of hydrogen-bond donors (Lipinski definition) is 1. The predicted molar refractivity (Wildman–Crippen MR) is 76.3 cm³/mol. The third-order valence-corrected chi connectivity index (χ3v) is 2.83. The molecule has 0 fully saturated rings. The normalized spacial score (nSPS) is 11.4. The molecular formula is C17H17N. The highest BCUT2D eigenvalue weighted by atomic mass is 14.9. The van der Waals surface area contributed by atoms with Crippen molar-refractivity contribution in [1.82, 2.24) is 5.32 Å². The second-order valence-electron chi connectivity index (χ2n) is 4.27. The molecule has 0 radical (unpaired) electrons. The van der Waals surface area contributed by atoms with Crippen molar-refractivity contribution in [1.29, 1.82) is 0 Å². The van der Waals surface area contributed by atoms with E-state index >= 15 is 0 Å². The zero-order valence-corrected chi connectivity index (χ0v) is 10.8. The molecule has 1 N–H and O–H groups in total. The highest BCUT2D eigenvalue weighted by Gasteiger charge is 2.04. The second kappa shape index (κ2) is 6.05. The maximum absolute atomic E-state index is 3.26. The van der Waals surface area contributed by atoms with Crippen LogP contribution in [0.3, 0.4) is 0 Å². The van der Waals surface area contributed by atoms with Crippen LogP contribution in [-0.4, -0.2) is 7.05 Å². The second-order valence-corrected chi connectivity index (χ2v) is 4.27. The fourth-order valence-electron chi connectivity index (χ4n) is 1.76. The van der Waals surface area contributed by atoms with Crippen molar-refractivity contribution in [2.45, 2.75) is 13.0 Å². The van der Waals surface area contributed by atoms with Gasteiger partial charge < -0.3 is 5.32 Å². The predicted octanol–water partition coefficient (Wildman–Crippen LogP) is 3.31. The smallest absolute Gasteiger partial charge is 0.0947 e. The first-order valence-electron chi connectivity index (χ1n) is 6.10. The van der Waals surface area contributed by atoms with Gasteiger partial charge in [0.2, 0.25) is 0 Å². The molecule has 0 aliphatic heterocycles. The van der Waals surface area contributed by atoms with Crippen LogP contribution in [0.4, 0.5) is 0 Å². The average molecular weight is 235 g/mol. The number of hydrogen-bond acceptors (Lipinski definition) is 1. The number of rotatable bonds is 2. The molecule has 90 valence electrons. The van der Waals surface area contributed by atoms with Gasteiger partial charge in [0.1, 0.15) is 0 Å². The minimum atomic E-state index is 0.0748. The van der Waals surface area contributed by atoms with Gasteiger partial charge in [-0.25, -0.2) is 0 Å². The van der Waals surface area contributed by atoms with Gasteiger partial charge in [0.25, 0.3) is 0 Å². The molecule has 1 heteroatoms. The first-order chi connectivity index (χ1) is 8.79. The van der Waals surface area contributed by atoms with Gasteiger partial charge in [-0.3, -0.25) is 0 Å². The Morgan fingerprint density at radius 3 is 2.22 bits per heavy atom. The van der Waals surface area contributed by atoms with E-state index in [1.807, 2.05) is 37.4 Å². The van der Waals surface area contributed by atoms with Crippen molar-refractivity contribution in [3.8, 4) is 11.8 Å². The van der Waals surface area contributed by atoms with Crippen LogP contribution in [0.5, 0.6) is 0 Å². The standard InChI is InChI=1S/C17H17N/c1-14-8-11-16(12-9-14)17(18-2)13-10-15-6-4-3-5-7-15/h3-9,11-12,17-18H,1-2H3. The van der Waals surface area contributed by atoms with Gasteiger partial charge in [-0.15, -0.1) is 0 Å². The molecule has 2 rings (SSSR count). The number of nitrogens with one attached hydrogen (secondary N) is 1. The van der Waals surface area contributed by atoms with Crippen LogP contribution in [0.2, 0.25) is 0 Å². The quantitative estimate of drug-likeness (QED) is 0.787. The van der Waals surface area contributed by atoms with Gasteiger partial charge in [0.05, 0.1) is 6.04 Å². The van der Waals surface area contributed by atoms with E-state index in [1.54, 1.807) is 0 Å². The molecule has 1 nitrogen and oxygen atoms in total. The van der Waals surface area contributed by atoms with Crippen LogP contribution in [-0.2, 0) is 0 Å². The van der Waals surface area contributed by atoms with Gasteiger partial charge in [0, 0.05) is 5.56 Å². The minimum absolute atomic E-state index is 0.0748. The number of aryl methyl sites for hydroxylation is 1. The van der Waals surface area contributed by atoms with E-state index in [2.05, 4.69) is 48.3 Å². The summed E-state index contributed by atoms with van der Waals surface area (Å²) >= 11 is 0. The maximum Gasteiger partial charge on any atom is 0.0947 e. The molecular weight excluding hydrogens is 218 g/mol. The fraction of sp³-hybridized carbons (Fsp3) is 0.176. The lowest BCUT2D eigenvalue weighted by atomic mass is 10.1. The van der Waals surface area contributed by atoms with Crippen molar-refractivity contribution < 1.29 is 0 Å². The van der Waals surface area contributed by atoms with Gasteiger partial charge in [0.15, 0.2) is 0 Å². The Morgan fingerprint density at radius 2 is 1.61 bits per heavy atom. The van der Waals surface area contributed by atoms with E-state index in [9.17, 15) is 0 Å². The SMILES string of the molecule is CNC(C#Cc1ccccc1)c1ccc(C)cc1. The van der Waals surface area contributed by atoms with Gasteiger partial charge in [-0.1, -0.05) is 59.9 Å². The van der Waals surface area contributed by atoms with E-state index in [-0.39, 0.29) is 6.04 Å². The zero-order chi connectivity index (χ0) is 12.8. The molecule has 0 spiro atoms. The third-order valence-electron chi connectivity index (χ3n) is 2.83. The third kappa shape index (κ3) is 3.23. The molecule has 2 aromatic rings. The van der Waals surface area contributed by atoms with Crippen molar-refractivity contribution in [2.75, 3.05) is 7.05 Å². The Balaban J connectivity index is 2.20. The summed E-state index contributed by atoms with van der Waals surface area (Å²) in [6.07, 6.45) is 0. The zero-order valence-electron chi connectivity index (χ0n) is 10.8. The van der Waals surface area contributed by atoms with E-state index in [0.29, 0.717) is 0 Å². The summed E-state index contributed by atoms with van der Waals surface area (Å²) in [5, 5.41) is 3.23. The summed E-state index contributed by atoms with van der Waals surface area (Å²) in [7, 11) is 1.93. The number of benzene rings is 2. The summed E-state index contributed by atoms with van der Waals surface area (Å²) < 4.78 is 0. The Kier molecular flexibility index (Phi) is 4.17. The summed E-state index contributed by atoms with van der Waals surface area (Å²) in [6, 6.07) is 18.6. The van der Waals surface area contributed by atoms with Crippen LogP contribution >= 0.6 is 0 Å². The lowest BCUT2D eigenvalue weighted by Gasteiger charge is -2.09. The molecule has 0 aliphatic carbocycles. The molecule has 2 aromatic carbocycles. The molecule has 0 aromatic heterocycles. The van der Waals surface area contributed by atoms with E-state index in [4.69, 9.17) is 0 Å². The molecule has 0 saturated carbocycles. The van der Waals surface area contributed by atoms with Crippen molar-refractivity contribution in [3.05, 3.63) is 71.3 Å². The Hall–Kier alpha value is -2.04. The van der Waals surface area contributed by atoms with Gasteiger partial charge in [-0.05, 0) is 31.7 Å². The van der Waals surface area contributed by atoms with Gasteiger partial charge in [-0.2, -0.15) is 0 Å². The van der Waals surface area contributed by atoms with Crippen LogP contribution in [0.1, 0.15) is 22.7 Å². The van der Waals surface area contributed by atoms with Crippen LogP contribution in [0.25, 0.3) is 0 Å². The van der Waals surface area contributed by atoms with E-state index in [1.165, 1.54) is 11.1 Å². The van der Waals surface area contributed by atoms with Crippen LogP contribution < -0.4 is 5.32 Å². The molecule has 0 heterocycles. The molecule has 0 saturated heterocycles. The monoisotopic (exact) mass is 235 g/mol. The molecule has 1 atom stereocenters. The molecule has 0 aliphatic rings. The summed E-state index contributed by atoms with van der Waals surface area (Å²) in [6.45, 7) is 2.09. The van der Waals surface area contributed by atoms with Crippen LogP contribution in [0, 0.1) is 18.8 Å². The summed E-state index contributed by atoms with van der Waals surface area (Å²) in [5.41, 5.74) is 3.51. The molecule has 0 amide bonds. The fourth-order valence-corrected chi connectivity index (χ4v) is 1.76. The van der Waals surface area contributed by atoms with Crippen molar-refractivity contribution >= 4 is 0 Å². The Bertz CT molecular complexity index is 544. The average Bonchev–Trinajstić information content (AvgIpc) is 2.42. The van der Waals surface area contributed by atoms with Crippen molar-refractivity contribution in [2.24, 2.45) is 0 Å². The summed E-state index contributed by atoms with van der Waals surface area (Å²) in [5.74, 6) is 6.46. The Morgan fingerprint density at radius 1 is 0.944 bits per heavy atom. The van der Waals surface area contributed by atoms with Gasteiger partial charge >= 0.3 is 0 Å². The maximum atomic E-state index is 3.26. The molecule has 18 heavy (non-hydrogen) atoms. The minimum Gasteiger partial charge on any atom is -0.303 e. The lowest BCUT2D eigenvalue weighted by molar-refractivity contribution is 0.736. The highest BCUT2D eigenvalue weighted by molar-refractivity contribution is 5.37. The first kappa shape index (κ1) is 12.4. The van der Waals surface area contributed by atoms with Crippen molar-refractivity contribution in [3.63, 3.8) is 0 Å². The van der Waals surface area contributed by atoms with Crippen LogP contribution in [0.15, 0.2) is 54.6 Å². The van der Waals surface area contributed by atoms with E-state index in [0.717, 1.165) is 5.56 Å². The Labute approximate surface area is 109 Å². The summed E-state index contributed by atoms with van der Waals surface area (Å²) in [4.78, 5) is 0.